The predicted octanol–water partition coefficient (Wildman–Crippen LogP) is 7.00. The van der Waals surface area contributed by atoms with Crippen molar-refractivity contribution in [3.63, 3.8) is 0 Å². The molecule has 0 saturated heterocycles. The molecular weight excluding hydrogens is 424 g/mol. The second-order valence-electron chi connectivity index (χ2n) is 9.36. The van der Waals surface area contributed by atoms with Gasteiger partial charge in [-0.05, 0) is 74.1 Å². The van der Waals surface area contributed by atoms with Gasteiger partial charge in [0.05, 0.1) is 7.11 Å². The monoisotopic (exact) mass is 466 g/mol. The molecule has 0 aliphatic heterocycles. The lowest BCUT2D eigenvalue weighted by Crippen LogP contribution is -2.28. The summed E-state index contributed by atoms with van der Waals surface area (Å²) in [4.78, 5) is 23.2. The van der Waals surface area contributed by atoms with Crippen molar-refractivity contribution >= 4 is 23.2 Å². The van der Waals surface area contributed by atoms with Crippen LogP contribution in [-0.4, -0.2) is 18.9 Å². The zero-order chi connectivity index (χ0) is 25.1. The van der Waals surface area contributed by atoms with Crippen molar-refractivity contribution in [2.75, 3.05) is 17.7 Å². The SMILES string of the molecule is CCC(C)C1CCC(C(=O)Nc2ccc(C)c(OC)c2)CC1.CCc1ccccc1NC(C)=O. The molecule has 1 aliphatic rings. The van der Waals surface area contributed by atoms with Crippen LogP contribution in [0.1, 0.15) is 70.9 Å². The van der Waals surface area contributed by atoms with Crippen LogP contribution >= 0.6 is 0 Å². The number of para-hydroxylation sites is 1. The maximum Gasteiger partial charge on any atom is 0.227 e. The number of nitrogens with one attached hydrogen (secondary N) is 2. The molecule has 1 saturated carbocycles. The molecule has 2 amide bonds. The van der Waals surface area contributed by atoms with Crippen LogP contribution in [-0.2, 0) is 16.0 Å². The number of anilines is 2. The zero-order valence-electron chi connectivity index (χ0n) is 21.7. The van der Waals surface area contributed by atoms with Crippen LogP contribution in [0.4, 0.5) is 11.4 Å². The summed E-state index contributed by atoms with van der Waals surface area (Å²) in [6.45, 7) is 10.2. The Morgan fingerprint density at radius 2 is 1.71 bits per heavy atom. The first-order chi connectivity index (χ1) is 16.3. The Kier molecular flexibility index (Phi) is 11.1. The van der Waals surface area contributed by atoms with Crippen molar-refractivity contribution in [2.24, 2.45) is 17.8 Å². The number of aryl methyl sites for hydroxylation is 2. The number of hydrogen-bond donors (Lipinski definition) is 2. The Morgan fingerprint density at radius 1 is 1.03 bits per heavy atom. The summed E-state index contributed by atoms with van der Waals surface area (Å²) in [5, 5.41) is 5.84. The Bertz CT molecular complexity index is 933. The molecule has 0 heterocycles. The van der Waals surface area contributed by atoms with Gasteiger partial charge in [-0.3, -0.25) is 9.59 Å². The van der Waals surface area contributed by atoms with Crippen LogP contribution in [0.15, 0.2) is 42.5 Å². The number of hydrogen-bond acceptors (Lipinski definition) is 3. The van der Waals surface area contributed by atoms with Gasteiger partial charge < -0.3 is 15.4 Å². The van der Waals surface area contributed by atoms with Crippen LogP contribution < -0.4 is 15.4 Å². The highest BCUT2D eigenvalue weighted by molar-refractivity contribution is 5.92. The second kappa shape index (κ2) is 13.8. The Morgan fingerprint density at radius 3 is 2.29 bits per heavy atom. The van der Waals surface area contributed by atoms with Crippen molar-refractivity contribution in [2.45, 2.75) is 73.1 Å². The van der Waals surface area contributed by atoms with Gasteiger partial charge in [0.15, 0.2) is 0 Å². The minimum absolute atomic E-state index is 0.0177. The van der Waals surface area contributed by atoms with E-state index in [1.165, 1.54) is 31.7 Å². The van der Waals surface area contributed by atoms with Crippen LogP contribution in [0.25, 0.3) is 0 Å². The largest absolute Gasteiger partial charge is 0.496 e. The van der Waals surface area contributed by atoms with Gasteiger partial charge in [0.25, 0.3) is 0 Å². The fourth-order valence-corrected chi connectivity index (χ4v) is 4.57. The van der Waals surface area contributed by atoms with E-state index in [0.717, 1.165) is 53.8 Å². The van der Waals surface area contributed by atoms with Gasteiger partial charge in [0, 0.05) is 30.3 Å². The van der Waals surface area contributed by atoms with E-state index in [2.05, 4.69) is 31.4 Å². The average Bonchev–Trinajstić information content (AvgIpc) is 2.85. The van der Waals surface area contributed by atoms with Gasteiger partial charge in [-0.1, -0.05) is 51.5 Å². The highest BCUT2D eigenvalue weighted by Gasteiger charge is 2.28. The highest BCUT2D eigenvalue weighted by Crippen LogP contribution is 2.35. The molecule has 186 valence electrons. The van der Waals surface area contributed by atoms with E-state index in [9.17, 15) is 9.59 Å². The molecule has 0 spiro atoms. The van der Waals surface area contributed by atoms with Gasteiger partial charge in [-0.2, -0.15) is 0 Å². The molecule has 2 aromatic rings. The van der Waals surface area contributed by atoms with Gasteiger partial charge in [0.1, 0.15) is 5.75 Å². The highest BCUT2D eigenvalue weighted by atomic mass is 16.5. The van der Waals surface area contributed by atoms with Crippen LogP contribution in [0.2, 0.25) is 0 Å². The summed E-state index contributed by atoms with van der Waals surface area (Å²) in [5.41, 5.74) is 4.01. The fourth-order valence-electron chi connectivity index (χ4n) is 4.57. The molecule has 34 heavy (non-hydrogen) atoms. The molecule has 3 rings (SSSR count). The first-order valence-corrected chi connectivity index (χ1v) is 12.6. The van der Waals surface area contributed by atoms with Crippen molar-refractivity contribution in [3.05, 3.63) is 53.6 Å². The third-order valence-electron chi connectivity index (χ3n) is 6.98. The molecule has 0 aromatic heterocycles. The predicted molar refractivity (Wildman–Crippen MR) is 141 cm³/mol. The minimum atomic E-state index is -0.0177. The van der Waals surface area contributed by atoms with E-state index in [1.54, 1.807) is 7.11 Å². The van der Waals surface area contributed by atoms with Crippen molar-refractivity contribution in [1.29, 1.82) is 0 Å². The summed E-state index contributed by atoms with van der Waals surface area (Å²) in [5.74, 6) is 2.70. The number of carbonyl (C=O) groups excluding carboxylic acids is 2. The van der Waals surface area contributed by atoms with Gasteiger partial charge in [-0.25, -0.2) is 0 Å². The van der Waals surface area contributed by atoms with Crippen molar-refractivity contribution in [3.8, 4) is 5.75 Å². The number of amides is 2. The first kappa shape index (κ1) is 27.4. The Hall–Kier alpha value is -2.82. The fraction of sp³-hybridized carbons (Fsp3) is 0.517. The molecule has 2 aromatic carbocycles. The van der Waals surface area contributed by atoms with Gasteiger partial charge in [0.2, 0.25) is 11.8 Å². The topological polar surface area (TPSA) is 67.4 Å². The Labute approximate surface area is 205 Å². The third kappa shape index (κ3) is 8.19. The normalized spacial score (nSPS) is 18.2. The molecule has 0 radical (unpaired) electrons. The maximum atomic E-state index is 12.4. The number of ether oxygens (including phenoxy) is 1. The molecule has 5 heteroatoms. The van der Waals surface area contributed by atoms with E-state index in [0.29, 0.717) is 0 Å². The van der Waals surface area contributed by atoms with E-state index >= 15 is 0 Å². The molecule has 2 N–H and O–H groups in total. The quantitative estimate of drug-likeness (QED) is 0.461. The van der Waals surface area contributed by atoms with Crippen LogP contribution in [0.3, 0.4) is 0 Å². The summed E-state index contributed by atoms with van der Waals surface area (Å²) in [7, 11) is 1.66. The number of carbonyl (C=O) groups is 2. The third-order valence-corrected chi connectivity index (χ3v) is 6.98. The van der Waals surface area contributed by atoms with Crippen LogP contribution in [0.5, 0.6) is 5.75 Å². The molecule has 1 fully saturated rings. The molecule has 1 atom stereocenters. The minimum Gasteiger partial charge on any atom is -0.496 e. The number of methoxy groups -OCH3 is 1. The number of benzene rings is 2. The van der Waals surface area contributed by atoms with E-state index in [-0.39, 0.29) is 17.7 Å². The lowest BCUT2D eigenvalue weighted by Gasteiger charge is -2.31. The summed E-state index contributed by atoms with van der Waals surface area (Å²) < 4.78 is 5.31. The van der Waals surface area contributed by atoms with Crippen molar-refractivity contribution < 1.29 is 14.3 Å². The second-order valence-corrected chi connectivity index (χ2v) is 9.36. The smallest absolute Gasteiger partial charge is 0.227 e. The zero-order valence-corrected chi connectivity index (χ0v) is 21.7. The average molecular weight is 467 g/mol. The molecule has 1 unspecified atom stereocenters. The van der Waals surface area contributed by atoms with E-state index in [1.807, 2.05) is 49.4 Å². The van der Waals surface area contributed by atoms with E-state index < -0.39 is 0 Å². The van der Waals surface area contributed by atoms with Crippen molar-refractivity contribution in [1.82, 2.24) is 0 Å². The summed E-state index contributed by atoms with van der Waals surface area (Å²) in [6.07, 6.45) is 6.59. The first-order valence-electron chi connectivity index (χ1n) is 12.6. The molecule has 5 nitrogen and oxygen atoms in total. The lowest BCUT2D eigenvalue weighted by atomic mass is 9.75. The summed E-state index contributed by atoms with van der Waals surface area (Å²) in [6, 6.07) is 13.7. The van der Waals surface area contributed by atoms with E-state index in [4.69, 9.17) is 4.74 Å². The standard InChI is InChI=1S/C19H29NO2.C10H13NO/c1-5-13(2)15-7-9-16(10-8-15)19(21)20-17-11-6-14(3)18(12-17)22-4;1-3-9-6-4-5-7-10(9)11-8(2)12/h6,11-13,15-16H,5,7-10H2,1-4H3,(H,20,21);4-7H,3H2,1-2H3,(H,11,12). The molecule has 0 bridgehead atoms. The van der Waals surface area contributed by atoms with Gasteiger partial charge in [-0.15, -0.1) is 0 Å². The van der Waals surface area contributed by atoms with Gasteiger partial charge >= 0.3 is 0 Å². The lowest BCUT2D eigenvalue weighted by molar-refractivity contribution is -0.121. The summed E-state index contributed by atoms with van der Waals surface area (Å²) >= 11 is 0. The van der Waals surface area contributed by atoms with Crippen LogP contribution in [0, 0.1) is 24.7 Å². The Balaban J connectivity index is 0.000000287. The number of rotatable bonds is 7. The maximum absolute atomic E-state index is 12.4. The molecule has 1 aliphatic carbocycles. The molecular formula is C29H42N2O3.